The second-order valence-corrected chi connectivity index (χ2v) is 7.74. The third kappa shape index (κ3) is 4.38. The number of amides is 1. The highest BCUT2D eigenvalue weighted by Gasteiger charge is 2.20. The van der Waals surface area contributed by atoms with Gasteiger partial charge in [-0.15, -0.1) is 0 Å². The molecule has 1 amide bonds. The summed E-state index contributed by atoms with van der Waals surface area (Å²) < 4.78 is 23.2. The lowest BCUT2D eigenvalue weighted by Gasteiger charge is -2.20. The van der Waals surface area contributed by atoms with E-state index in [9.17, 15) is 9.00 Å². The number of ether oxygens (including phenoxy) is 2. The highest BCUT2D eigenvalue weighted by Crippen LogP contribution is 2.38. The maximum Gasteiger partial charge on any atom is 0.232 e. The van der Waals surface area contributed by atoms with Crippen molar-refractivity contribution in [3.8, 4) is 11.5 Å². The Morgan fingerprint density at radius 2 is 2.00 bits per heavy atom. The van der Waals surface area contributed by atoms with Crippen LogP contribution in [0.25, 0.3) is 0 Å². The number of rotatable bonds is 5. The van der Waals surface area contributed by atoms with Gasteiger partial charge in [0.2, 0.25) is 5.91 Å². The lowest BCUT2D eigenvalue weighted by Crippen LogP contribution is -2.35. The summed E-state index contributed by atoms with van der Waals surface area (Å²) in [4.78, 5) is 11.9. The van der Waals surface area contributed by atoms with E-state index in [1.165, 1.54) is 0 Å². The molecule has 2 aliphatic rings. The van der Waals surface area contributed by atoms with Crippen LogP contribution >= 0.6 is 11.6 Å². The van der Waals surface area contributed by atoms with Crippen molar-refractivity contribution < 1.29 is 18.5 Å². The van der Waals surface area contributed by atoms with Crippen LogP contribution < -0.4 is 14.8 Å². The fourth-order valence-electron chi connectivity index (χ4n) is 2.97. The van der Waals surface area contributed by atoms with Crippen LogP contribution in [-0.4, -0.2) is 35.1 Å². The van der Waals surface area contributed by atoms with Crippen LogP contribution in [0.5, 0.6) is 11.5 Å². The van der Waals surface area contributed by atoms with Crippen LogP contribution in [0.3, 0.4) is 0 Å². The van der Waals surface area contributed by atoms with Gasteiger partial charge in [-0.1, -0.05) is 24.4 Å². The SMILES string of the molecule is O=C(CS(=O)Cc1cc(Cl)c2c(c1)OCCO2)NC1CCCC1. The Morgan fingerprint density at radius 3 is 2.78 bits per heavy atom. The average Bonchev–Trinajstić information content (AvgIpc) is 2.99. The molecule has 5 nitrogen and oxygen atoms in total. The quantitative estimate of drug-likeness (QED) is 0.879. The number of hydrogen-bond acceptors (Lipinski definition) is 4. The maximum absolute atomic E-state index is 12.2. The second kappa shape index (κ2) is 7.53. The van der Waals surface area contributed by atoms with Crippen LogP contribution in [0.15, 0.2) is 12.1 Å². The summed E-state index contributed by atoms with van der Waals surface area (Å²) in [5.74, 6) is 1.26. The molecule has 0 spiro atoms. The summed E-state index contributed by atoms with van der Waals surface area (Å²) in [5, 5.41) is 3.40. The minimum Gasteiger partial charge on any atom is -0.486 e. The van der Waals surface area contributed by atoms with E-state index in [0.29, 0.717) is 29.7 Å². The molecule has 23 heavy (non-hydrogen) atoms. The minimum atomic E-state index is -1.28. The zero-order valence-corrected chi connectivity index (χ0v) is 14.4. The summed E-state index contributed by atoms with van der Waals surface area (Å²) >= 11 is 6.17. The Labute approximate surface area is 143 Å². The molecule has 1 aromatic rings. The highest BCUT2D eigenvalue weighted by molar-refractivity contribution is 7.84. The van der Waals surface area contributed by atoms with Gasteiger partial charge in [0, 0.05) is 22.6 Å². The van der Waals surface area contributed by atoms with Gasteiger partial charge in [-0.25, -0.2) is 0 Å². The molecule has 126 valence electrons. The molecule has 1 fully saturated rings. The average molecular weight is 358 g/mol. The maximum atomic E-state index is 12.2. The molecule has 0 bridgehead atoms. The van der Waals surface area contributed by atoms with Crippen molar-refractivity contribution in [2.45, 2.75) is 37.5 Å². The fraction of sp³-hybridized carbons (Fsp3) is 0.562. The van der Waals surface area contributed by atoms with Gasteiger partial charge < -0.3 is 14.8 Å². The molecule has 1 aliphatic heterocycles. The van der Waals surface area contributed by atoms with Gasteiger partial charge in [0.15, 0.2) is 11.5 Å². The first-order chi connectivity index (χ1) is 11.1. The first kappa shape index (κ1) is 16.6. The van der Waals surface area contributed by atoms with Crippen molar-refractivity contribution in [2.24, 2.45) is 0 Å². The summed E-state index contributed by atoms with van der Waals surface area (Å²) in [6.07, 6.45) is 4.36. The zero-order chi connectivity index (χ0) is 16.2. The monoisotopic (exact) mass is 357 g/mol. The zero-order valence-electron chi connectivity index (χ0n) is 12.8. The topological polar surface area (TPSA) is 64.6 Å². The van der Waals surface area contributed by atoms with E-state index in [2.05, 4.69) is 5.32 Å². The van der Waals surface area contributed by atoms with Crippen molar-refractivity contribution in [3.63, 3.8) is 0 Å². The predicted molar refractivity (Wildman–Crippen MR) is 89.6 cm³/mol. The van der Waals surface area contributed by atoms with E-state index >= 15 is 0 Å². The summed E-state index contributed by atoms with van der Waals surface area (Å²) in [6, 6.07) is 3.76. The predicted octanol–water partition coefficient (Wildman–Crippen LogP) is 2.42. The molecule has 0 radical (unpaired) electrons. The molecule has 7 heteroatoms. The van der Waals surface area contributed by atoms with Crippen LogP contribution in [0, 0.1) is 0 Å². The normalized spacial score (nSPS) is 18.7. The van der Waals surface area contributed by atoms with E-state index < -0.39 is 10.8 Å². The van der Waals surface area contributed by atoms with Crippen LogP contribution in [0.4, 0.5) is 0 Å². The molecule has 1 aromatic carbocycles. The van der Waals surface area contributed by atoms with Gasteiger partial charge in [0.1, 0.15) is 19.0 Å². The first-order valence-electron chi connectivity index (χ1n) is 7.84. The Hall–Kier alpha value is -1.27. The Kier molecular flexibility index (Phi) is 5.43. The number of carbonyl (C=O) groups is 1. The second-order valence-electron chi connectivity index (χ2n) is 5.88. The van der Waals surface area contributed by atoms with Gasteiger partial charge in [-0.05, 0) is 30.5 Å². The Bertz CT molecular complexity index is 616. The minimum absolute atomic E-state index is 0.0164. The van der Waals surface area contributed by atoms with Gasteiger partial charge in [-0.3, -0.25) is 9.00 Å². The molecule has 0 aromatic heterocycles. The third-order valence-corrected chi connectivity index (χ3v) is 5.52. The van der Waals surface area contributed by atoms with Crippen LogP contribution in [0.1, 0.15) is 31.2 Å². The number of carbonyl (C=O) groups excluding carboxylic acids is 1. The highest BCUT2D eigenvalue weighted by atomic mass is 35.5. The summed E-state index contributed by atoms with van der Waals surface area (Å²) in [6.45, 7) is 0.943. The van der Waals surface area contributed by atoms with Gasteiger partial charge >= 0.3 is 0 Å². The fourth-order valence-corrected chi connectivity index (χ4v) is 4.27. The van der Waals surface area contributed by atoms with Crippen molar-refractivity contribution in [1.82, 2.24) is 5.32 Å². The number of fused-ring (bicyclic) bond motifs is 1. The van der Waals surface area contributed by atoms with Crippen molar-refractivity contribution >= 4 is 28.3 Å². The molecule has 0 saturated heterocycles. The Balaban J connectivity index is 1.57. The van der Waals surface area contributed by atoms with Gasteiger partial charge in [0.05, 0.1) is 5.02 Å². The lowest BCUT2D eigenvalue weighted by molar-refractivity contribution is -0.119. The van der Waals surface area contributed by atoms with Crippen molar-refractivity contribution in [1.29, 1.82) is 0 Å². The van der Waals surface area contributed by atoms with E-state index in [1.54, 1.807) is 12.1 Å². The molecule has 1 unspecified atom stereocenters. The van der Waals surface area contributed by atoms with Crippen molar-refractivity contribution in [2.75, 3.05) is 19.0 Å². The molecule has 1 aliphatic carbocycles. The molecular formula is C16H20ClNO4S. The molecular weight excluding hydrogens is 338 g/mol. The Morgan fingerprint density at radius 1 is 1.26 bits per heavy atom. The number of benzene rings is 1. The number of hydrogen-bond donors (Lipinski definition) is 1. The van der Waals surface area contributed by atoms with Crippen LogP contribution in [0.2, 0.25) is 5.02 Å². The standard InChI is InChI=1S/C16H20ClNO4S/c17-13-7-11(8-14-16(13)22-6-5-21-14)9-23(20)10-15(19)18-12-3-1-2-4-12/h7-8,12H,1-6,9-10H2,(H,18,19). The van der Waals surface area contributed by atoms with Crippen molar-refractivity contribution in [3.05, 3.63) is 22.7 Å². The van der Waals surface area contributed by atoms with E-state index in [4.69, 9.17) is 21.1 Å². The smallest absolute Gasteiger partial charge is 0.232 e. The van der Waals surface area contributed by atoms with Gasteiger partial charge in [0.25, 0.3) is 0 Å². The molecule has 1 N–H and O–H groups in total. The lowest BCUT2D eigenvalue weighted by atomic mass is 10.2. The molecule has 1 saturated carbocycles. The van der Waals surface area contributed by atoms with Crippen LogP contribution in [-0.2, 0) is 21.3 Å². The number of nitrogens with one attached hydrogen (secondary N) is 1. The summed E-state index contributed by atoms with van der Waals surface area (Å²) in [5.41, 5.74) is 0.784. The van der Waals surface area contributed by atoms with E-state index in [0.717, 1.165) is 31.2 Å². The van der Waals surface area contributed by atoms with Gasteiger partial charge in [-0.2, -0.15) is 0 Å². The third-order valence-electron chi connectivity index (χ3n) is 4.00. The summed E-state index contributed by atoms with van der Waals surface area (Å²) in [7, 11) is -1.28. The molecule has 3 rings (SSSR count). The largest absolute Gasteiger partial charge is 0.486 e. The van der Waals surface area contributed by atoms with E-state index in [-0.39, 0.29) is 23.5 Å². The van der Waals surface area contributed by atoms with E-state index in [1.807, 2.05) is 0 Å². The first-order valence-corrected chi connectivity index (χ1v) is 9.71. The molecule has 1 atom stereocenters. The number of halogens is 1. The molecule has 1 heterocycles.